The fourth-order valence-electron chi connectivity index (χ4n) is 1.63. The van der Waals surface area contributed by atoms with Gasteiger partial charge in [-0.2, -0.15) is 0 Å². The second kappa shape index (κ2) is 6.24. The Bertz CT molecular complexity index is 366. The quantitative estimate of drug-likeness (QED) is 0.783. The summed E-state index contributed by atoms with van der Waals surface area (Å²) < 4.78 is 0. The molecule has 1 atom stereocenters. The van der Waals surface area contributed by atoms with Crippen LogP contribution in [-0.2, 0) is 0 Å². The summed E-state index contributed by atoms with van der Waals surface area (Å²) in [6.07, 6.45) is 1.53. The highest BCUT2D eigenvalue weighted by molar-refractivity contribution is 6.43. The summed E-state index contributed by atoms with van der Waals surface area (Å²) in [7, 11) is 0. The van der Waals surface area contributed by atoms with Gasteiger partial charge in [0.1, 0.15) is 5.15 Å². The number of hydrogen-bond acceptors (Lipinski definition) is 3. The second-order valence-electron chi connectivity index (χ2n) is 3.34. The van der Waals surface area contributed by atoms with Gasteiger partial charge in [-0.05, 0) is 0 Å². The third-order valence-electron chi connectivity index (χ3n) is 2.36. The van der Waals surface area contributed by atoms with E-state index in [0.29, 0.717) is 15.2 Å². The van der Waals surface area contributed by atoms with Crippen LogP contribution in [0, 0.1) is 0 Å². The minimum absolute atomic E-state index is 0. The summed E-state index contributed by atoms with van der Waals surface area (Å²) in [6.45, 7) is 2.63. The van der Waals surface area contributed by atoms with Crippen molar-refractivity contribution in [3.05, 3.63) is 27.0 Å². The Hall–Kier alpha value is 0.230. The maximum Gasteiger partial charge on any atom is 0.148 e. The molecule has 1 saturated heterocycles. The highest BCUT2D eigenvalue weighted by atomic mass is 35.5. The zero-order valence-corrected chi connectivity index (χ0v) is 11.3. The van der Waals surface area contributed by atoms with Gasteiger partial charge in [-0.1, -0.05) is 34.8 Å². The first-order valence-corrected chi connectivity index (χ1v) is 5.77. The minimum Gasteiger partial charge on any atom is -0.314 e. The molecule has 1 aromatic rings. The summed E-state index contributed by atoms with van der Waals surface area (Å²) in [6, 6.07) is 0.0965. The first kappa shape index (κ1) is 14.3. The first-order chi connectivity index (χ1) is 7.20. The molecule has 1 fully saturated rings. The van der Waals surface area contributed by atoms with Crippen molar-refractivity contribution in [1.82, 2.24) is 15.6 Å². The van der Waals surface area contributed by atoms with Crippen LogP contribution in [0.3, 0.4) is 0 Å². The van der Waals surface area contributed by atoms with E-state index < -0.39 is 0 Å². The third-order valence-corrected chi connectivity index (χ3v) is 3.42. The Morgan fingerprint density at radius 1 is 1.25 bits per heavy atom. The molecule has 2 heterocycles. The van der Waals surface area contributed by atoms with Crippen molar-refractivity contribution in [2.45, 2.75) is 6.04 Å². The molecule has 0 bridgehead atoms. The molecule has 0 aromatic carbocycles. The van der Waals surface area contributed by atoms with Crippen molar-refractivity contribution in [1.29, 1.82) is 0 Å². The molecule has 0 aliphatic carbocycles. The Labute approximate surface area is 115 Å². The van der Waals surface area contributed by atoms with Crippen molar-refractivity contribution >= 4 is 47.2 Å². The molecular weight excluding hydrogens is 292 g/mol. The summed E-state index contributed by atoms with van der Waals surface area (Å²) in [4.78, 5) is 3.89. The standard InChI is InChI=1S/C9H10Cl3N3.ClH/c10-5-3-15-9(12)8(11)7(5)6-4-13-1-2-14-6;/h3,6,13-14H,1-2,4H2;1H/t6-;/m0./s1. The lowest BCUT2D eigenvalue weighted by Gasteiger charge is -2.26. The van der Waals surface area contributed by atoms with E-state index in [9.17, 15) is 0 Å². The van der Waals surface area contributed by atoms with E-state index in [1.165, 1.54) is 6.20 Å². The van der Waals surface area contributed by atoms with E-state index in [-0.39, 0.29) is 18.4 Å². The van der Waals surface area contributed by atoms with Crippen LogP contribution < -0.4 is 10.6 Å². The van der Waals surface area contributed by atoms with E-state index >= 15 is 0 Å². The van der Waals surface area contributed by atoms with Gasteiger partial charge < -0.3 is 10.6 Å². The van der Waals surface area contributed by atoms with Gasteiger partial charge in [0.2, 0.25) is 0 Å². The molecule has 1 aromatic heterocycles. The summed E-state index contributed by atoms with van der Waals surface area (Å²) in [5, 5.41) is 7.87. The molecule has 2 rings (SSSR count). The van der Waals surface area contributed by atoms with E-state index in [1.807, 2.05) is 0 Å². The van der Waals surface area contributed by atoms with Gasteiger partial charge in [0.05, 0.1) is 10.0 Å². The molecule has 0 amide bonds. The molecule has 0 saturated carbocycles. The maximum atomic E-state index is 6.09. The van der Waals surface area contributed by atoms with Gasteiger partial charge in [0.25, 0.3) is 0 Å². The Morgan fingerprint density at radius 2 is 2.00 bits per heavy atom. The predicted molar refractivity (Wildman–Crippen MR) is 70.1 cm³/mol. The van der Waals surface area contributed by atoms with Gasteiger partial charge in [-0.3, -0.25) is 0 Å². The van der Waals surface area contributed by atoms with Crippen LogP contribution >= 0.6 is 47.2 Å². The van der Waals surface area contributed by atoms with Crippen LogP contribution in [0.5, 0.6) is 0 Å². The Morgan fingerprint density at radius 3 is 2.62 bits per heavy atom. The number of hydrogen-bond donors (Lipinski definition) is 2. The molecule has 90 valence electrons. The average molecular weight is 303 g/mol. The lowest BCUT2D eigenvalue weighted by Crippen LogP contribution is -2.42. The monoisotopic (exact) mass is 301 g/mol. The number of nitrogens with one attached hydrogen (secondary N) is 2. The normalized spacial score (nSPS) is 20.3. The van der Waals surface area contributed by atoms with Crippen LogP contribution in [0.2, 0.25) is 15.2 Å². The summed E-state index contributed by atoms with van der Waals surface area (Å²) in [5.41, 5.74) is 0.825. The van der Waals surface area contributed by atoms with E-state index in [2.05, 4.69) is 15.6 Å². The van der Waals surface area contributed by atoms with Gasteiger partial charge in [0.15, 0.2) is 0 Å². The van der Waals surface area contributed by atoms with Gasteiger partial charge >= 0.3 is 0 Å². The second-order valence-corrected chi connectivity index (χ2v) is 4.48. The van der Waals surface area contributed by atoms with E-state index in [0.717, 1.165) is 25.2 Å². The Balaban J connectivity index is 0.00000128. The number of aromatic nitrogens is 1. The molecule has 0 spiro atoms. The minimum atomic E-state index is 0. The molecule has 1 aliphatic rings. The topological polar surface area (TPSA) is 37.0 Å². The average Bonchev–Trinajstić information content (AvgIpc) is 2.26. The van der Waals surface area contributed by atoms with Crippen LogP contribution in [0.4, 0.5) is 0 Å². The van der Waals surface area contributed by atoms with Crippen molar-refractivity contribution in [3.8, 4) is 0 Å². The van der Waals surface area contributed by atoms with Gasteiger partial charge in [0, 0.05) is 37.4 Å². The molecule has 0 unspecified atom stereocenters. The van der Waals surface area contributed by atoms with Crippen molar-refractivity contribution < 1.29 is 0 Å². The first-order valence-electron chi connectivity index (χ1n) is 4.63. The number of nitrogens with zero attached hydrogens (tertiary/aromatic N) is 1. The largest absolute Gasteiger partial charge is 0.314 e. The highest BCUT2D eigenvalue weighted by Gasteiger charge is 2.21. The Kier molecular flexibility index (Phi) is 5.57. The SMILES string of the molecule is Cl.Clc1cnc(Cl)c(Cl)c1[C@@H]1CNCCN1. The van der Waals surface area contributed by atoms with Gasteiger partial charge in [-0.25, -0.2) is 4.98 Å². The zero-order chi connectivity index (χ0) is 10.8. The van der Waals surface area contributed by atoms with Crippen LogP contribution in [0.25, 0.3) is 0 Å². The van der Waals surface area contributed by atoms with Crippen LogP contribution in [0.1, 0.15) is 11.6 Å². The smallest absolute Gasteiger partial charge is 0.148 e. The zero-order valence-electron chi connectivity index (χ0n) is 8.27. The van der Waals surface area contributed by atoms with Crippen molar-refractivity contribution in [2.24, 2.45) is 0 Å². The number of halogens is 4. The highest BCUT2D eigenvalue weighted by Crippen LogP contribution is 2.34. The number of rotatable bonds is 1. The molecule has 3 nitrogen and oxygen atoms in total. The molecular formula is C9H11Cl4N3. The number of piperazine rings is 1. The fourth-order valence-corrected chi connectivity index (χ4v) is 2.39. The van der Waals surface area contributed by atoms with E-state index in [1.54, 1.807) is 0 Å². The van der Waals surface area contributed by atoms with E-state index in [4.69, 9.17) is 34.8 Å². The maximum absolute atomic E-state index is 6.09. The van der Waals surface area contributed by atoms with Gasteiger partial charge in [-0.15, -0.1) is 12.4 Å². The third kappa shape index (κ3) is 2.92. The predicted octanol–water partition coefficient (Wildman–Crippen LogP) is 2.70. The van der Waals surface area contributed by atoms with Crippen LogP contribution in [-0.4, -0.2) is 24.6 Å². The van der Waals surface area contributed by atoms with Crippen molar-refractivity contribution in [2.75, 3.05) is 19.6 Å². The molecule has 0 radical (unpaired) electrons. The lowest BCUT2D eigenvalue weighted by molar-refractivity contribution is 0.430. The van der Waals surface area contributed by atoms with Crippen molar-refractivity contribution in [3.63, 3.8) is 0 Å². The fraction of sp³-hybridized carbons (Fsp3) is 0.444. The molecule has 2 N–H and O–H groups in total. The molecule has 16 heavy (non-hydrogen) atoms. The molecule has 1 aliphatic heterocycles. The lowest BCUT2D eigenvalue weighted by atomic mass is 10.1. The summed E-state index contributed by atoms with van der Waals surface area (Å²) in [5.74, 6) is 0. The van der Waals surface area contributed by atoms with Crippen LogP contribution in [0.15, 0.2) is 6.20 Å². The number of pyridine rings is 1. The summed E-state index contributed by atoms with van der Waals surface area (Å²) >= 11 is 18.0. The molecule has 7 heteroatoms.